The van der Waals surface area contributed by atoms with E-state index in [0.717, 1.165) is 29.0 Å². The van der Waals surface area contributed by atoms with E-state index >= 15 is 0 Å². The van der Waals surface area contributed by atoms with Crippen LogP contribution in [-0.4, -0.2) is 35.0 Å². The van der Waals surface area contributed by atoms with Crippen molar-refractivity contribution in [3.05, 3.63) is 23.3 Å². The van der Waals surface area contributed by atoms with Gasteiger partial charge < -0.3 is 15.0 Å². The van der Waals surface area contributed by atoms with Gasteiger partial charge in [0, 0.05) is 13.0 Å². The van der Waals surface area contributed by atoms with Gasteiger partial charge in [0.25, 0.3) is 0 Å². The molecule has 1 N–H and O–H groups in total. The minimum Gasteiger partial charge on any atom is -0.495 e. The maximum Gasteiger partial charge on any atom is 0.239 e. The van der Waals surface area contributed by atoms with Gasteiger partial charge in [-0.25, -0.2) is 0 Å². The zero-order chi connectivity index (χ0) is 18.8. The molecule has 7 heteroatoms. The van der Waals surface area contributed by atoms with E-state index in [9.17, 15) is 9.59 Å². The first kappa shape index (κ1) is 19.2. The maximum absolute atomic E-state index is 12.6. The fourth-order valence-electron chi connectivity index (χ4n) is 3.43. The predicted molar refractivity (Wildman–Crippen MR) is 109 cm³/mol. The summed E-state index contributed by atoms with van der Waals surface area (Å²) in [6.07, 6.45) is 2.72. The Morgan fingerprint density at radius 1 is 1.35 bits per heavy atom. The summed E-state index contributed by atoms with van der Waals surface area (Å²) in [5.41, 5.74) is 3.10. The number of hydrogen-bond acceptors (Lipinski definition) is 5. The number of carbonyl (C=O) groups is 2. The van der Waals surface area contributed by atoms with Crippen LogP contribution in [0.25, 0.3) is 0 Å². The Labute approximate surface area is 163 Å². The number of hydrogen-bond donors (Lipinski definition) is 1. The monoisotopic (exact) mass is 392 g/mol. The summed E-state index contributed by atoms with van der Waals surface area (Å²) in [4.78, 5) is 26.5. The number of thioether (sulfide) groups is 1. The molecule has 0 bridgehead atoms. The van der Waals surface area contributed by atoms with Gasteiger partial charge in [-0.05, 0) is 42.4 Å². The third-order valence-corrected chi connectivity index (χ3v) is 6.20. The van der Waals surface area contributed by atoms with E-state index < -0.39 is 0 Å². The highest BCUT2D eigenvalue weighted by Crippen LogP contribution is 2.40. The highest BCUT2D eigenvalue weighted by Gasteiger charge is 2.33. The summed E-state index contributed by atoms with van der Waals surface area (Å²) in [5, 5.41) is 2.50. The lowest BCUT2D eigenvalue weighted by Gasteiger charge is -2.33. The molecule has 3 rings (SSSR count). The van der Waals surface area contributed by atoms with Crippen LogP contribution < -0.4 is 15.0 Å². The van der Waals surface area contributed by atoms with E-state index in [1.165, 1.54) is 11.8 Å². The third kappa shape index (κ3) is 3.88. The zero-order valence-electron chi connectivity index (χ0n) is 15.3. The van der Waals surface area contributed by atoms with Crippen molar-refractivity contribution in [3.63, 3.8) is 0 Å². The number of nitrogens with one attached hydrogen (secondary N) is 1. The van der Waals surface area contributed by atoms with Crippen LogP contribution >= 0.6 is 24.0 Å². The van der Waals surface area contributed by atoms with Crippen molar-refractivity contribution < 1.29 is 14.3 Å². The van der Waals surface area contributed by atoms with Crippen molar-refractivity contribution in [1.82, 2.24) is 5.32 Å². The number of anilines is 1. The van der Waals surface area contributed by atoms with Crippen LogP contribution in [-0.2, 0) is 22.4 Å². The zero-order valence-corrected chi connectivity index (χ0v) is 17.0. The van der Waals surface area contributed by atoms with Gasteiger partial charge >= 0.3 is 0 Å². The Morgan fingerprint density at radius 3 is 2.73 bits per heavy atom. The van der Waals surface area contributed by atoms with Crippen LogP contribution in [0, 0.1) is 5.92 Å². The van der Waals surface area contributed by atoms with Crippen LogP contribution in [0.3, 0.4) is 0 Å². The lowest BCUT2D eigenvalue weighted by atomic mass is 9.92. The standard InChI is InChI=1S/C19H24N2O3S2/c1-11(2)8-9-21-16(22)7-5-13-12(4-6-14(24-3)17(13)21)10-15-18(23)20-19(25)26-15/h4,6,11,15H,5,7-10H2,1-3H3,(H,20,23,25). The molecule has 2 heterocycles. The molecule has 0 saturated carbocycles. The molecule has 0 aromatic heterocycles. The molecule has 0 aliphatic carbocycles. The Bertz CT molecular complexity index is 749. The van der Waals surface area contributed by atoms with Crippen LogP contribution in [0.2, 0.25) is 0 Å². The van der Waals surface area contributed by atoms with E-state index in [0.29, 0.717) is 36.0 Å². The molecule has 5 nitrogen and oxygen atoms in total. The van der Waals surface area contributed by atoms with Crippen molar-refractivity contribution in [3.8, 4) is 5.75 Å². The number of nitrogens with zero attached hydrogens (tertiary/aromatic N) is 1. The van der Waals surface area contributed by atoms with Crippen LogP contribution in [0.4, 0.5) is 5.69 Å². The molecule has 1 aromatic carbocycles. The van der Waals surface area contributed by atoms with Gasteiger partial charge in [-0.3, -0.25) is 9.59 Å². The van der Waals surface area contributed by atoms with Crippen molar-refractivity contribution >= 4 is 45.8 Å². The number of methoxy groups -OCH3 is 1. The first-order chi connectivity index (χ1) is 12.4. The predicted octanol–water partition coefficient (Wildman–Crippen LogP) is 3.08. The van der Waals surface area contributed by atoms with E-state index in [1.54, 1.807) is 7.11 Å². The molecule has 1 aromatic rings. The minimum absolute atomic E-state index is 0.0342. The number of fused-ring (bicyclic) bond motifs is 1. The molecule has 0 radical (unpaired) electrons. The van der Waals surface area contributed by atoms with Crippen LogP contribution in [0.15, 0.2) is 12.1 Å². The Balaban J connectivity index is 1.95. The second kappa shape index (κ2) is 7.96. The summed E-state index contributed by atoms with van der Waals surface area (Å²) in [5.74, 6) is 1.34. The molecular formula is C19H24N2O3S2. The number of amides is 2. The molecule has 140 valence electrons. The molecule has 1 unspecified atom stereocenters. The highest BCUT2D eigenvalue weighted by atomic mass is 32.2. The van der Waals surface area contributed by atoms with E-state index in [-0.39, 0.29) is 17.1 Å². The first-order valence-corrected chi connectivity index (χ1v) is 10.2. The Morgan fingerprint density at radius 2 is 2.12 bits per heavy atom. The SMILES string of the molecule is COc1ccc(CC2SC(=S)NC2=O)c2c1N(CCC(C)C)C(=O)CC2. The summed E-state index contributed by atoms with van der Waals surface area (Å²) in [6.45, 7) is 5.00. The van der Waals surface area contributed by atoms with Gasteiger partial charge in [0.15, 0.2) is 0 Å². The topological polar surface area (TPSA) is 58.6 Å². The van der Waals surface area contributed by atoms with Crippen molar-refractivity contribution in [1.29, 1.82) is 0 Å². The molecule has 2 amide bonds. The van der Waals surface area contributed by atoms with E-state index in [2.05, 4.69) is 19.2 Å². The molecule has 2 aliphatic rings. The van der Waals surface area contributed by atoms with Crippen molar-refractivity contribution in [2.24, 2.45) is 5.92 Å². The molecule has 1 saturated heterocycles. The van der Waals surface area contributed by atoms with Crippen LogP contribution in [0.5, 0.6) is 5.75 Å². The second-order valence-electron chi connectivity index (χ2n) is 7.07. The second-order valence-corrected chi connectivity index (χ2v) is 8.95. The number of benzene rings is 1. The van der Waals surface area contributed by atoms with E-state index in [1.807, 2.05) is 17.0 Å². The third-order valence-electron chi connectivity index (χ3n) is 4.82. The highest BCUT2D eigenvalue weighted by molar-refractivity contribution is 8.24. The largest absolute Gasteiger partial charge is 0.495 e. The molecule has 1 atom stereocenters. The number of thiocarbonyl (C=S) groups is 1. The summed E-state index contributed by atoms with van der Waals surface area (Å²) in [6, 6.07) is 3.92. The van der Waals surface area contributed by atoms with Gasteiger partial charge in [0.05, 0.1) is 18.0 Å². The number of rotatable bonds is 6. The molecule has 0 spiro atoms. The van der Waals surface area contributed by atoms with Gasteiger partial charge in [0.2, 0.25) is 11.8 Å². The van der Waals surface area contributed by atoms with Gasteiger partial charge in [-0.2, -0.15) is 0 Å². The summed E-state index contributed by atoms with van der Waals surface area (Å²) >= 11 is 6.50. The van der Waals surface area contributed by atoms with Crippen molar-refractivity contribution in [2.75, 3.05) is 18.6 Å². The van der Waals surface area contributed by atoms with Crippen molar-refractivity contribution in [2.45, 2.75) is 44.8 Å². The Kier molecular flexibility index (Phi) is 5.87. The summed E-state index contributed by atoms with van der Waals surface area (Å²) in [7, 11) is 1.63. The Hall–Kier alpha value is -1.60. The molecule has 26 heavy (non-hydrogen) atoms. The number of ether oxygens (including phenoxy) is 1. The average Bonchev–Trinajstić information content (AvgIpc) is 2.91. The minimum atomic E-state index is -0.207. The summed E-state index contributed by atoms with van der Waals surface area (Å²) < 4.78 is 6.10. The maximum atomic E-state index is 12.6. The molecule has 1 fully saturated rings. The smallest absolute Gasteiger partial charge is 0.239 e. The fraction of sp³-hybridized carbons (Fsp3) is 0.526. The normalized spacial score (nSPS) is 19.8. The first-order valence-electron chi connectivity index (χ1n) is 8.91. The molecular weight excluding hydrogens is 368 g/mol. The average molecular weight is 393 g/mol. The number of carbonyl (C=O) groups excluding carboxylic acids is 2. The van der Waals surface area contributed by atoms with Gasteiger partial charge in [0.1, 0.15) is 10.1 Å². The van der Waals surface area contributed by atoms with E-state index in [4.69, 9.17) is 17.0 Å². The lowest BCUT2D eigenvalue weighted by molar-refractivity contribution is -0.119. The fourth-order valence-corrected chi connectivity index (χ4v) is 4.73. The van der Waals surface area contributed by atoms with Gasteiger partial charge in [-0.1, -0.05) is 43.9 Å². The lowest BCUT2D eigenvalue weighted by Crippen LogP contribution is -2.37. The van der Waals surface area contributed by atoms with Crippen LogP contribution in [0.1, 0.15) is 37.8 Å². The molecule has 2 aliphatic heterocycles. The van der Waals surface area contributed by atoms with Gasteiger partial charge in [-0.15, -0.1) is 0 Å². The quantitative estimate of drug-likeness (QED) is 0.754.